The van der Waals surface area contributed by atoms with Crippen LogP contribution >= 0.6 is 0 Å². The first-order valence-electron chi connectivity index (χ1n) is 51.2. The summed E-state index contributed by atoms with van der Waals surface area (Å²) in [4.78, 5) is 84.9. The van der Waals surface area contributed by atoms with E-state index in [1.165, 1.54) is 159 Å². The molecule has 1 saturated heterocycles. The van der Waals surface area contributed by atoms with E-state index in [-0.39, 0.29) is 73.8 Å². The molecule has 0 aromatic heterocycles. The Morgan fingerprint density at radius 1 is 0.285 bits per heavy atom. The van der Waals surface area contributed by atoms with Crippen molar-refractivity contribution in [2.75, 3.05) is 72.7 Å². The number of hydrogen-bond donors (Lipinski definition) is 0. The predicted molar refractivity (Wildman–Crippen MR) is 516 cm³/mol. The Morgan fingerprint density at radius 3 is 1.03 bits per heavy atom. The molecule has 5 aromatic rings. The number of carbonyl (C=O) groups excluding carboxylic acids is 7. The molecular weight excluding hydrogens is 1640 g/mol. The van der Waals surface area contributed by atoms with Crippen LogP contribution in [0.3, 0.4) is 0 Å². The minimum Gasteiger partial charge on any atom is -0.494 e. The standard InChI is InChI=1S/C41H68O10.C39H56O7.C30H42O3/c1-3-5-7-10-16-28-45-35-23-24-37(36(34-35)41(44)51-33-20-14-13-19-31-49-40-22-15-21-32-50-40)46-29-17-11-8-9-12-18-30-48-39(43)26-25-38(42)47-27-6-4-2;1-3-5-10-13-31-14-16-32(17-15-31)33-18-24-36(25-19-33)46-39(42)34-20-22-35(23-21-34)43-29-11-8-6-7-9-12-30-45-38(41)27-26-37(40)44-28-4-2;1-3-5-7-9-23-32-28-19-17-27(18-20-28)30(31)33-29-21-15-26(16-22-29)25-13-11-24(12-14-25)10-8-6-4-2/h23-24,34,40H,3-22,25-33H2,1-2H3;18-25,31-32H,3-17,26-30H2,1-2H3;15-22,24-25H,3-14,23H2,1-2H3. The molecular formula is C110H166O20. The predicted octanol–water partition coefficient (Wildman–Crippen LogP) is 28.2. The fourth-order valence-corrected chi connectivity index (χ4v) is 16.4. The number of rotatable bonds is 67. The third-order valence-corrected chi connectivity index (χ3v) is 24.5. The van der Waals surface area contributed by atoms with Crippen LogP contribution in [0.2, 0.25) is 0 Å². The lowest BCUT2D eigenvalue weighted by Gasteiger charge is -2.29. The summed E-state index contributed by atoms with van der Waals surface area (Å²) < 4.78 is 72.4. The maximum Gasteiger partial charge on any atom is 0.343 e. The first-order valence-corrected chi connectivity index (χ1v) is 51.2. The van der Waals surface area contributed by atoms with E-state index in [2.05, 4.69) is 52.0 Å². The van der Waals surface area contributed by atoms with Crippen LogP contribution in [0.5, 0.6) is 34.5 Å². The van der Waals surface area contributed by atoms with Crippen LogP contribution in [0.4, 0.5) is 0 Å². The topological polar surface area (TPSA) is 239 Å². The summed E-state index contributed by atoms with van der Waals surface area (Å²) in [6, 6.07) is 36.0. The molecule has 0 spiro atoms. The second kappa shape index (κ2) is 72.1. The first-order chi connectivity index (χ1) is 63.7. The van der Waals surface area contributed by atoms with Crippen molar-refractivity contribution in [3.8, 4) is 34.5 Å². The summed E-state index contributed by atoms with van der Waals surface area (Å²) in [5.74, 6) is 4.49. The van der Waals surface area contributed by atoms with E-state index < -0.39 is 0 Å². The smallest absolute Gasteiger partial charge is 0.343 e. The Kier molecular flexibility index (Phi) is 61.1. The minimum atomic E-state index is -0.385. The summed E-state index contributed by atoms with van der Waals surface area (Å²) in [5.41, 5.74) is 4.17. The van der Waals surface area contributed by atoms with Gasteiger partial charge in [0.15, 0.2) is 6.29 Å². The van der Waals surface area contributed by atoms with Gasteiger partial charge in [-0.1, -0.05) is 226 Å². The molecule has 726 valence electrons. The van der Waals surface area contributed by atoms with Crippen molar-refractivity contribution in [1.82, 2.24) is 0 Å². The fourth-order valence-electron chi connectivity index (χ4n) is 16.4. The van der Waals surface area contributed by atoms with Gasteiger partial charge in [0.2, 0.25) is 0 Å². The lowest BCUT2D eigenvalue weighted by molar-refractivity contribution is -0.162. The molecule has 20 nitrogen and oxygen atoms in total. The highest BCUT2D eigenvalue weighted by molar-refractivity contribution is 5.93. The zero-order valence-electron chi connectivity index (χ0n) is 80.9. The van der Waals surface area contributed by atoms with Gasteiger partial charge >= 0.3 is 41.8 Å². The zero-order valence-corrected chi connectivity index (χ0v) is 80.9. The molecule has 1 atom stereocenters. The van der Waals surface area contributed by atoms with Crippen LogP contribution in [0.25, 0.3) is 0 Å². The molecule has 8 rings (SSSR count). The van der Waals surface area contributed by atoms with Crippen LogP contribution in [0, 0.1) is 11.8 Å². The molecule has 1 heterocycles. The van der Waals surface area contributed by atoms with Gasteiger partial charge < -0.3 is 61.6 Å². The maximum atomic E-state index is 13.1. The average Bonchev–Trinajstić information content (AvgIpc) is 0.843. The molecule has 130 heavy (non-hydrogen) atoms. The summed E-state index contributed by atoms with van der Waals surface area (Å²) in [6.07, 6.45) is 53.3. The molecule has 0 bridgehead atoms. The van der Waals surface area contributed by atoms with Crippen molar-refractivity contribution >= 4 is 41.8 Å². The van der Waals surface area contributed by atoms with E-state index in [1.807, 2.05) is 74.5 Å². The van der Waals surface area contributed by atoms with Gasteiger partial charge in [-0.3, -0.25) is 19.2 Å². The van der Waals surface area contributed by atoms with Gasteiger partial charge in [-0.15, -0.1) is 0 Å². The van der Waals surface area contributed by atoms with Gasteiger partial charge in [0.1, 0.15) is 40.1 Å². The van der Waals surface area contributed by atoms with Gasteiger partial charge in [-0.05, 0) is 267 Å². The van der Waals surface area contributed by atoms with Crippen LogP contribution in [0.1, 0.15) is 423 Å². The molecule has 5 aromatic carbocycles. The highest BCUT2D eigenvalue weighted by Gasteiger charge is 2.26. The van der Waals surface area contributed by atoms with E-state index in [4.69, 9.17) is 61.6 Å². The van der Waals surface area contributed by atoms with Gasteiger partial charge in [0.05, 0.1) is 96.3 Å². The maximum absolute atomic E-state index is 13.1. The normalized spacial score (nSPS) is 15.8. The Balaban J connectivity index is 0.000000307. The Labute approximate surface area is 781 Å². The van der Waals surface area contributed by atoms with E-state index in [1.54, 1.807) is 30.3 Å². The number of unbranched alkanes of at least 4 members (excludes halogenated alkanes) is 25. The van der Waals surface area contributed by atoms with Crippen molar-refractivity contribution in [3.63, 3.8) is 0 Å². The molecule has 2 aliphatic carbocycles. The number of benzene rings is 5. The molecule has 0 amide bonds. The van der Waals surface area contributed by atoms with Crippen molar-refractivity contribution in [3.05, 3.63) is 143 Å². The van der Waals surface area contributed by atoms with Crippen molar-refractivity contribution < 1.29 is 95.1 Å². The molecule has 3 fully saturated rings. The van der Waals surface area contributed by atoms with Gasteiger partial charge in [0.25, 0.3) is 0 Å². The van der Waals surface area contributed by atoms with Crippen LogP contribution in [0.15, 0.2) is 115 Å². The average molecular weight is 1810 g/mol. The highest BCUT2D eigenvalue weighted by atomic mass is 16.7. The highest BCUT2D eigenvalue weighted by Crippen LogP contribution is 2.40. The van der Waals surface area contributed by atoms with Gasteiger partial charge in [0, 0.05) is 13.2 Å². The Bertz CT molecular complexity index is 3740. The van der Waals surface area contributed by atoms with Crippen LogP contribution in [-0.2, 0) is 52.3 Å². The van der Waals surface area contributed by atoms with E-state index in [0.29, 0.717) is 111 Å². The van der Waals surface area contributed by atoms with Crippen LogP contribution < -0.4 is 28.4 Å². The van der Waals surface area contributed by atoms with Gasteiger partial charge in [-0.25, -0.2) is 14.4 Å². The molecule has 0 radical (unpaired) electrons. The molecule has 2 saturated carbocycles. The van der Waals surface area contributed by atoms with E-state index in [9.17, 15) is 33.6 Å². The Hall–Kier alpha value is -8.49. The van der Waals surface area contributed by atoms with Gasteiger partial charge in [-0.2, -0.15) is 0 Å². The quantitative estimate of drug-likeness (QED) is 0.0152. The second-order valence-electron chi connectivity index (χ2n) is 35.6. The van der Waals surface area contributed by atoms with E-state index in [0.717, 1.165) is 191 Å². The second-order valence-corrected chi connectivity index (χ2v) is 35.6. The third-order valence-electron chi connectivity index (χ3n) is 24.5. The number of carbonyl (C=O) groups is 7. The SMILES string of the molecule is CCCCCC1CCC(c2ccc(OC(=O)c3ccc(OCCCCCCCCOC(=O)CCC(=O)OCCC)cc3)cc2)CC1.CCCCCCCOc1ccc(OCCCCCCCCOC(=O)CCC(=O)OCCCC)c(C(=O)OCCCCCCOC2CCCCO2)c1.CCCCCCOc1ccc(C(=O)Oc2ccc(C3CCC(CCCCC)CC3)cc2)cc1. The van der Waals surface area contributed by atoms with Crippen molar-refractivity contribution in [2.45, 2.75) is 387 Å². The monoisotopic (exact) mass is 1810 g/mol. The summed E-state index contributed by atoms with van der Waals surface area (Å²) >= 11 is 0. The molecule has 0 N–H and O–H groups in total. The molecule has 3 aliphatic rings. The zero-order chi connectivity index (χ0) is 92.7. The summed E-state index contributed by atoms with van der Waals surface area (Å²) in [6.45, 7) is 18.8. The van der Waals surface area contributed by atoms with E-state index >= 15 is 0 Å². The Morgan fingerprint density at radius 2 is 0.623 bits per heavy atom. The number of hydrogen-bond acceptors (Lipinski definition) is 20. The lowest BCUT2D eigenvalue weighted by Crippen LogP contribution is -2.22. The fraction of sp³-hybridized carbons (Fsp3) is 0.664. The van der Waals surface area contributed by atoms with Crippen molar-refractivity contribution in [2.24, 2.45) is 11.8 Å². The van der Waals surface area contributed by atoms with Crippen LogP contribution in [-0.4, -0.2) is 121 Å². The summed E-state index contributed by atoms with van der Waals surface area (Å²) in [7, 11) is 0. The summed E-state index contributed by atoms with van der Waals surface area (Å²) in [5, 5.41) is 0. The first kappa shape index (κ1) is 110. The minimum absolute atomic E-state index is 0.0427. The third kappa shape index (κ3) is 50.9. The largest absolute Gasteiger partial charge is 0.494 e. The molecule has 1 unspecified atom stereocenters. The van der Waals surface area contributed by atoms with Crippen molar-refractivity contribution in [1.29, 1.82) is 0 Å². The molecule has 1 aliphatic heterocycles. The number of esters is 7. The molecule has 20 heteroatoms. The number of ether oxygens (including phenoxy) is 13. The lowest BCUT2D eigenvalue weighted by atomic mass is 9.77.